The van der Waals surface area contributed by atoms with Crippen molar-refractivity contribution in [3.05, 3.63) is 321 Å². The van der Waals surface area contributed by atoms with Crippen LogP contribution in [-0.2, 0) is 53.0 Å². The Balaban J connectivity index is 0.000000141. The van der Waals surface area contributed by atoms with Crippen molar-refractivity contribution in [2.45, 2.75) is 145 Å². The summed E-state index contributed by atoms with van der Waals surface area (Å²) in [5, 5.41) is 25.0. The molecule has 6 aromatic heterocycles. The Hall–Kier alpha value is -12.1. The van der Waals surface area contributed by atoms with Crippen molar-refractivity contribution in [2.24, 2.45) is 0 Å². The number of aromatic nitrogens is 9. The van der Waals surface area contributed by atoms with E-state index in [4.69, 9.17) is 73.7 Å². The fraction of sp³-hybridized carbons (Fsp3) is 0.221. The molecule has 18 rings (SSSR count). The highest BCUT2D eigenvalue weighted by Gasteiger charge is 2.37. The minimum absolute atomic E-state index is 0.259. The summed E-state index contributed by atoms with van der Waals surface area (Å²) in [5.74, 6) is -2.49. The highest BCUT2D eigenvalue weighted by atomic mass is 35.5. The van der Waals surface area contributed by atoms with Gasteiger partial charge in [-0.3, -0.25) is 0 Å². The van der Waals surface area contributed by atoms with Crippen LogP contribution in [0.15, 0.2) is 256 Å². The van der Waals surface area contributed by atoms with Crippen LogP contribution in [-0.4, -0.2) is 95.1 Å². The first-order valence-corrected chi connectivity index (χ1v) is 45.6. The molecule has 0 aliphatic heterocycles. The molecule has 0 saturated carbocycles. The Kier molecular flexibility index (Phi) is 26.0. The number of aliphatic carboxylic acids is 2. The van der Waals surface area contributed by atoms with E-state index < -0.39 is 53.0 Å². The van der Waals surface area contributed by atoms with Crippen LogP contribution >= 0.6 is 68.8 Å². The number of aryl methyl sites for hydroxylation is 3. The molecule has 0 amide bonds. The van der Waals surface area contributed by atoms with E-state index in [-0.39, 0.29) is 6.61 Å². The van der Waals surface area contributed by atoms with Crippen molar-refractivity contribution in [3.63, 3.8) is 0 Å². The van der Waals surface area contributed by atoms with Gasteiger partial charge in [0.2, 0.25) is 0 Å². The van der Waals surface area contributed by atoms with Gasteiger partial charge in [0, 0.05) is 84.8 Å². The van der Waals surface area contributed by atoms with Crippen molar-refractivity contribution in [2.75, 3.05) is 6.61 Å². The largest absolute Gasteiger partial charge is 0.479 e. The lowest BCUT2D eigenvalue weighted by Crippen LogP contribution is -2.29. The number of carboxylic acid groups (broad SMARTS) is 2. The van der Waals surface area contributed by atoms with Gasteiger partial charge in [-0.25, -0.2) is 44.3 Å². The van der Waals surface area contributed by atoms with Crippen LogP contribution in [0.3, 0.4) is 0 Å². The molecule has 0 aliphatic rings. The summed E-state index contributed by atoms with van der Waals surface area (Å²) in [6, 6.07) is 78.3. The number of carbonyl (C=O) groups is 3. The number of hydrogen-bond donors (Lipinski definition) is 2. The zero-order valence-electron chi connectivity index (χ0n) is 72.9. The standard InChI is InChI=1S/C36H34ClN3O3S.2C34H30ClN3O3S/c1-6-42-35(41)32(43-36(3,4)5)30-22(2)18-28-33(31(30)24-12-15-26(37)16-13-24)44-34(39-28)25-14-17-29-27(19-25)38-21-40(29)20-23-10-8-7-9-11-23;1-20-16-26-31(29(22-10-13-24(35)14-11-22)28(20)30(33(39)40)41-34(2,3)4)42-32(37-26)23-12-15-27-25(17-23)36-19-38(27)18-21-8-6-5-7-9-21;1-20-16-26-31(29(22-10-13-24(35)14-11-22)28(20)30(33(39)40)41-34(2,3)4)42-32(37-26)23-12-15-25-27(17-23)38(19-36-25)18-21-8-6-5-7-9-21/h7-19,21,32H,6,20H2,1-5H3;2*5-17,19,30H,18H2,1-4H3,(H,39,40)/t32-;2*30-/m000/s1. The molecule has 0 aliphatic carbocycles. The average Bonchev–Trinajstić information content (AvgIpc) is 1.62. The maximum absolute atomic E-state index is 13.4. The first kappa shape index (κ1) is 89.3. The van der Waals surface area contributed by atoms with Gasteiger partial charge in [0.25, 0.3) is 0 Å². The average molecular weight is 1820 g/mol. The summed E-state index contributed by atoms with van der Waals surface area (Å²) in [6.07, 6.45) is 2.40. The maximum atomic E-state index is 13.4. The van der Waals surface area contributed by atoms with Gasteiger partial charge in [-0.15, -0.1) is 34.0 Å². The second kappa shape index (κ2) is 37.3. The van der Waals surface area contributed by atoms with Crippen molar-refractivity contribution >= 4 is 150 Å². The number of nitrogens with zero attached hydrogens (tertiary/aromatic N) is 9. The molecule has 3 atom stereocenters. The van der Waals surface area contributed by atoms with Crippen LogP contribution < -0.4 is 0 Å². The lowest BCUT2D eigenvalue weighted by atomic mass is 9.91. The van der Waals surface area contributed by atoms with Crippen LogP contribution in [0.2, 0.25) is 15.1 Å². The number of fused-ring (bicyclic) bond motifs is 6. The van der Waals surface area contributed by atoms with Crippen molar-refractivity contribution in [1.82, 2.24) is 43.6 Å². The van der Waals surface area contributed by atoms with E-state index in [0.717, 1.165) is 164 Å². The fourth-order valence-electron chi connectivity index (χ4n) is 16.0. The molecule has 0 bridgehead atoms. The second-order valence-electron chi connectivity index (χ2n) is 34.5. The summed E-state index contributed by atoms with van der Waals surface area (Å²) >= 11 is 23.4. The van der Waals surface area contributed by atoms with Crippen LogP contribution in [0, 0.1) is 20.8 Å². The number of hydrogen-bond acceptors (Lipinski definition) is 16. The summed E-state index contributed by atoms with van der Waals surface area (Å²) in [7, 11) is 0. The third kappa shape index (κ3) is 19.9. The van der Waals surface area contributed by atoms with Crippen LogP contribution in [0.1, 0.15) is 138 Å². The molecular formula is C104H94Cl3N9O9S3. The molecule has 2 N–H and O–H groups in total. The molecule has 128 heavy (non-hydrogen) atoms. The predicted octanol–water partition coefficient (Wildman–Crippen LogP) is 27.3. The van der Waals surface area contributed by atoms with Gasteiger partial charge in [0.15, 0.2) is 18.3 Å². The molecule has 12 aromatic carbocycles. The monoisotopic (exact) mass is 1810 g/mol. The number of imidazole rings is 3. The molecule has 6 heterocycles. The predicted molar refractivity (Wildman–Crippen MR) is 520 cm³/mol. The van der Waals surface area contributed by atoms with E-state index in [9.17, 15) is 24.6 Å². The smallest absolute Gasteiger partial charge is 0.339 e. The third-order valence-corrected chi connectivity index (χ3v) is 25.7. The molecule has 0 radical (unpaired) electrons. The topological polar surface area (TPSA) is 221 Å². The van der Waals surface area contributed by atoms with E-state index in [1.807, 2.05) is 248 Å². The second-order valence-corrected chi connectivity index (χ2v) is 38.8. The van der Waals surface area contributed by atoms with Crippen molar-refractivity contribution in [1.29, 1.82) is 0 Å². The highest BCUT2D eigenvalue weighted by Crippen LogP contribution is 2.50. The molecule has 18 nitrogen and oxygen atoms in total. The Morgan fingerprint density at radius 1 is 0.359 bits per heavy atom. The van der Waals surface area contributed by atoms with E-state index in [1.165, 1.54) is 28.0 Å². The zero-order chi connectivity index (χ0) is 90.2. The number of carboxylic acids is 2. The Bertz CT molecular complexity index is 7150. The number of carbonyl (C=O) groups excluding carboxylic acids is 1. The summed E-state index contributed by atoms with van der Waals surface area (Å²) in [4.78, 5) is 67.8. The van der Waals surface area contributed by atoms with Gasteiger partial charge < -0.3 is 42.9 Å². The van der Waals surface area contributed by atoms with Gasteiger partial charge in [-0.2, -0.15) is 0 Å². The number of rotatable bonds is 22. The summed E-state index contributed by atoms with van der Waals surface area (Å²) < 4.78 is 33.4. The SMILES string of the molecule is CCOC(=O)[C@@H](OC(C)(C)C)c1c(C)cc2nc(-c3ccc4c(c3)ncn4Cc3ccccc3)sc2c1-c1ccc(Cl)cc1.Cc1cc2nc(-c3ccc4c(c3)ncn4Cc3ccccc3)sc2c(-c2ccc(Cl)cc2)c1[C@H](OC(C)(C)C)C(=O)O.Cc1cc2nc(-c3ccc4ncn(Cc5ccccc5)c4c3)sc2c(-c2ccc(Cl)cc2)c1[C@H](OC(C)(C)C)C(=O)O. The first-order valence-electron chi connectivity index (χ1n) is 42.0. The van der Waals surface area contributed by atoms with Gasteiger partial charge in [-0.1, -0.05) is 162 Å². The number of ether oxygens (including phenoxy) is 4. The lowest BCUT2D eigenvalue weighted by Gasteiger charge is -2.29. The highest BCUT2D eigenvalue weighted by molar-refractivity contribution is 7.23. The number of benzene rings is 12. The Morgan fingerprint density at radius 2 is 0.656 bits per heavy atom. The minimum atomic E-state index is -1.16. The Morgan fingerprint density at radius 3 is 0.984 bits per heavy atom. The molecule has 648 valence electrons. The molecule has 0 fully saturated rings. The molecular weight excluding hydrogens is 1720 g/mol. The van der Waals surface area contributed by atoms with Crippen LogP contribution in [0.4, 0.5) is 0 Å². The van der Waals surface area contributed by atoms with E-state index in [0.29, 0.717) is 32.7 Å². The number of thiazole rings is 3. The van der Waals surface area contributed by atoms with E-state index >= 15 is 0 Å². The van der Waals surface area contributed by atoms with Crippen LogP contribution in [0.25, 0.3) is 129 Å². The summed E-state index contributed by atoms with van der Waals surface area (Å²) in [6.45, 7) is 27.1. The van der Waals surface area contributed by atoms with Gasteiger partial charge in [0.1, 0.15) is 15.0 Å². The minimum Gasteiger partial charge on any atom is -0.479 e. The third-order valence-electron chi connectivity index (χ3n) is 21.5. The van der Waals surface area contributed by atoms with Crippen molar-refractivity contribution < 1.29 is 43.5 Å². The van der Waals surface area contributed by atoms with Gasteiger partial charge >= 0.3 is 17.9 Å². The fourth-order valence-corrected chi connectivity index (χ4v) is 19.7. The van der Waals surface area contributed by atoms with Gasteiger partial charge in [0.05, 0.1) is 106 Å². The lowest BCUT2D eigenvalue weighted by molar-refractivity contribution is -0.166. The van der Waals surface area contributed by atoms with E-state index in [2.05, 4.69) is 115 Å². The Labute approximate surface area is 769 Å². The normalized spacial score (nSPS) is 12.7. The molecule has 0 unspecified atom stereocenters. The molecule has 0 spiro atoms. The first-order chi connectivity index (χ1) is 61.2. The van der Waals surface area contributed by atoms with Gasteiger partial charge in [-0.05, 0) is 249 Å². The van der Waals surface area contributed by atoms with Crippen LogP contribution in [0.5, 0.6) is 0 Å². The molecule has 24 heteroatoms. The molecule has 18 aromatic rings. The zero-order valence-corrected chi connectivity index (χ0v) is 77.7. The molecule has 0 saturated heterocycles. The number of esters is 1. The summed E-state index contributed by atoms with van der Waals surface area (Å²) in [5.41, 5.74) is 22.6. The number of halogens is 3. The quantitative estimate of drug-likeness (QED) is 0.0603. The van der Waals surface area contributed by atoms with E-state index in [1.54, 1.807) is 29.6 Å². The maximum Gasteiger partial charge on any atom is 0.339 e. The van der Waals surface area contributed by atoms with Crippen molar-refractivity contribution in [3.8, 4) is 65.1 Å².